The molecular weight excluding hydrogens is 336 g/mol. The number of thiazole rings is 1. The van der Waals surface area contributed by atoms with Gasteiger partial charge in [0.1, 0.15) is 0 Å². The SMILES string of the molecule is CC(C)(C)c1csc(NC(=O)c2cc3c(Cl)cccc3s2)n1. The molecule has 0 saturated carbocycles. The number of carbonyl (C=O) groups is 1. The molecule has 0 spiro atoms. The van der Waals surface area contributed by atoms with E-state index in [-0.39, 0.29) is 11.3 Å². The van der Waals surface area contributed by atoms with Gasteiger partial charge in [-0.05, 0) is 18.2 Å². The van der Waals surface area contributed by atoms with Gasteiger partial charge in [0, 0.05) is 25.9 Å². The number of fused-ring (bicyclic) bond motifs is 1. The van der Waals surface area contributed by atoms with Crippen LogP contribution in [0.15, 0.2) is 29.6 Å². The molecule has 1 aromatic carbocycles. The standard InChI is InChI=1S/C16H15ClN2OS2/c1-16(2,3)13-8-21-15(18-13)19-14(20)12-7-9-10(17)5-4-6-11(9)22-12/h4-8H,1-3H3,(H,18,19,20). The molecule has 0 bridgehead atoms. The van der Waals surface area contributed by atoms with E-state index in [4.69, 9.17) is 11.6 Å². The minimum atomic E-state index is -0.146. The van der Waals surface area contributed by atoms with Crippen molar-refractivity contribution in [2.24, 2.45) is 0 Å². The molecule has 0 unspecified atom stereocenters. The van der Waals surface area contributed by atoms with Crippen LogP contribution in [0.25, 0.3) is 10.1 Å². The number of carbonyl (C=O) groups excluding carboxylic acids is 1. The summed E-state index contributed by atoms with van der Waals surface area (Å²) in [4.78, 5) is 17.5. The van der Waals surface area contributed by atoms with Gasteiger partial charge in [-0.2, -0.15) is 0 Å². The molecular formula is C16H15ClN2OS2. The molecule has 1 N–H and O–H groups in total. The van der Waals surface area contributed by atoms with Gasteiger partial charge in [-0.1, -0.05) is 38.4 Å². The summed E-state index contributed by atoms with van der Waals surface area (Å²) in [5.74, 6) is -0.146. The van der Waals surface area contributed by atoms with E-state index in [1.54, 1.807) is 0 Å². The van der Waals surface area contributed by atoms with Crippen molar-refractivity contribution >= 4 is 55.4 Å². The highest BCUT2D eigenvalue weighted by Crippen LogP contribution is 2.32. The van der Waals surface area contributed by atoms with Crippen LogP contribution in [0.3, 0.4) is 0 Å². The van der Waals surface area contributed by atoms with Crippen LogP contribution in [0, 0.1) is 0 Å². The Morgan fingerprint density at radius 2 is 2.09 bits per heavy atom. The lowest BCUT2D eigenvalue weighted by atomic mass is 9.93. The second kappa shape index (κ2) is 5.65. The van der Waals surface area contributed by atoms with Crippen molar-refractivity contribution in [3.8, 4) is 0 Å². The van der Waals surface area contributed by atoms with Gasteiger partial charge in [-0.3, -0.25) is 10.1 Å². The monoisotopic (exact) mass is 350 g/mol. The number of hydrogen-bond donors (Lipinski definition) is 1. The number of nitrogens with zero attached hydrogens (tertiary/aromatic N) is 1. The second-order valence-electron chi connectivity index (χ2n) is 6.00. The van der Waals surface area contributed by atoms with E-state index < -0.39 is 0 Å². The van der Waals surface area contributed by atoms with Gasteiger partial charge < -0.3 is 0 Å². The molecule has 3 nitrogen and oxygen atoms in total. The molecule has 0 atom stereocenters. The highest BCUT2D eigenvalue weighted by molar-refractivity contribution is 7.21. The van der Waals surface area contributed by atoms with E-state index in [9.17, 15) is 4.79 Å². The highest BCUT2D eigenvalue weighted by Gasteiger charge is 2.19. The Kier molecular flexibility index (Phi) is 3.97. The van der Waals surface area contributed by atoms with Crippen LogP contribution in [-0.2, 0) is 5.41 Å². The Hall–Kier alpha value is -1.43. The van der Waals surface area contributed by atoms with Crippen molar-refractivity contribution in [3.05, 3.63) is 45.2 Å². The van der Waals surface area contributed by atoms with Crippen molar-refractivity contribution in [1.82, 2.24) is 4.98 Å². The lowest BCUT2D eigenvalue weighted by Gasteiger charge is -2.14. The summed E-state index contributed by atoms with van der Waals surface area (Å²) in [7, 11) is 0. The summed E-state index contributed by atoms with van der Waals surface area (Å²) < 4.78 is 1.01. The Morgan fingerprint density at radius 1 is 1.32 bits per heavy atom. The van der Waals surface area contributed by atoms with E-state index in [2.05, 4.69) is 31.1 Å². The van der Waals surface area contributed by atoms with E-state index in [1.807, 2.05) is 29.6 Å². The third-order valence-corrected chi connectivity index (χ3v) is 5.41. The first-order chi connectivity index (χ1) is 10.3. The van der Waals surface area contributed by atoms with Crippen molar-refractivity contribution in [1.29, 1.82) is 0 Å². The topological polar surface area (TPSA) is 42.0 Å². The van der Waals surface area contributed by atoms with E-state index in [0.29, 0.717) is 15.0 Å². The molecule has 3 rings (SSSR count). The van der Waals surface area contributed by atoms with Crippen LogP contribution < -0.4 is 5.32 Å². The predicted octanol–water partition coefficient (Wildman–Crippen LogP) is 5.56. The Morgan fingerprint density at radius 3 is 2.73 bits per heavy atom. The summed E-state index contributed by atoms with van der Waals surface area (Å²) in [6.45, 7) is 6.30. The predicted molar refractivity (Wildman–Crippen MR) is 95.6 cm³/mol. The number of nitrogens with one attached hydrogen (secondary N) is 1. The highest BCUT2D eigenvalue weighted by atomic mass is 35.5. The fourth-order valence-electron chi connectivity index (χ4n) is 1.97. The van der Waals surface area contributed by atoms with Crippen molar-refractivity contribution in [2.45, 2.75) is 26.2 Å². The summed E-state index contributed by atoms with van der Waals surface area (Å²) in [6, 6.07) is 7.51. The number of hydrogen-bond acceptors (Lipinski definition) is 4. The van der Waals surface area contributed by atoms with Crippen molar-refractivity contribution in [2.75, 3.05) is 5.32 Å². The molecule has 114 valence electrons. The quantitative estimate of drug-likeness (QED) is 0.657. The maximum atomic E-state index is 12.4. The lowest BCUT2D eigenvalue weighted by Crippen LogP contribution is -2.13. The second-order valence-corrected chi connectivity index (χ2v) is 8.35. The number of thiophene rings is 1. The normalized spacial score (nSPS) is 11.8. The molecule has 6 heteroatoms. The minimum absolute atomic E-state index is 0.0232. The first-order valence-electron chi connectivity index (χ1n) is 6.80. The molecule has 1 amide bonds. The van der Waals surface area contributed by atoms with Crippen LogP contribution in [-0.4, -0.2) is 10.9 Å². The molecule has 2 aromatic heterocycles. The molecule has 0 aliphatic heterocycles. The van der Waals surface area contributed by atoms with Crippen LogP contribution in [0.2, 0.25) is 5.02 Å². The lowest BCUT2D eigenvalue weighted by molar-refractivity contribution is 0.103. The van der Waals surface area contributed by atoms with Gasteiger partial charge in [0.2, 0.25) is 0 Å². The number of amides is 1. The van der Waals surface area contributed by atoms with Gasteiger partial charge in [-0.25, -0.2) is 4.98 Å². The maximum Gasteiger partial charge on any atom is 0.267 e. The van der Waals surface area contributed by atoms with E-state index in [1.165, 1.54) is 22.7 Å². The summed E-state index contributed by atoms with van der Waals surface area (Å²) >= 11 is 9.03. The number of rotatable bonds is 2. The van der Waals surface area contributed by atoms with Crippen molar-refractivity contribution < 1.29 is 4.79 Å². The zero-order chi connectivity index (χ0) is 15.9. The molecule has 0 saturated heterocycles. The zero-order valence-electron chi connectivity index (χ0n) is 12.4. The Balaban J connectivity index is 1.84. The van der Waals surface area contributed by atoms with E-state index in [0.717, 1.165) is 15.8 Å². The number of aromatic nitrogens is 1. The minimum Gasteiger partial charge on any atom is -0.297 e. The Labute approximate surface area is 142 Å². The summed E-state index contributed by atoms with van der Waals surface area (Å²) in [5.41, 5.74) is 0.956. The molecule has 0 fully saturated rings. The molecule has 0 radical (unpaired) electrons. The average Bonchev–Trinajstić information content (AvgIpc) is 3.04. The van der Waals surface area contributed by atoms with Crippen molar-refractivity contribution in [3.63, 3.8) is 0 Å². The van der Waals surface area contributed by atoms with Gasteiger partial charge in [0.25, 0.3) is 5.91 Å². The zero-order valence-corrected chi connectivity index (χ0v) is 14.8. The van der Waals surface area contributed by atoms with Gasteiger partial charge in [0.05, 0.1) is 10.6 Å². The molecule has 0 aliphatic rings. The van der Waals surface area contributed by atoms with Crippen LogP contribution in [0.1, 0.15) is 36.1 Å². The summed E-state index contributed by atoms with van der Waals surface area (Å²) in [6.07, 6.45) is 0. The molecule has 22 heavy (non-hydrogen) atoms. The smallest absolute Gasteiger partial charge is 0.267 e. The van der Waals surface area contributed by atoms with Crippen LogP contribution in [0.5, 0.6) is 0 Å². The first kappa shape index (κ1) is 15.5. The van der Waals surface area contributed by atoms with Crippen LogP contribution >= 0.6 is 34.3 Å². The first-order valence-corrected chi connectivity index (χ1v) is 8.87. The third kappa shape index (κ3) is 3.02. The number of benzene rings is 1. The fraction of sp³-hybridized carbons (Fsp3) is 0.250. The average molecular weight is 351 g/mol. The number of anilines is 1. The molecule has 2 heterocycles. The van der Waals surface area contributed by atoms with Gasteiger partial charge >= 0.3 is 0 Å². The van der Waals surface area contributed by atoms with Gasteiger partial charge in [0.15, 0.2) is 5.13 Å². The van der Waals surface area contributed by atoms with Crippen LogP contribution in [0.4, 0.5) is 5.13 Å². The Bertz CT molecular complexity index is 845. The summed E-state index contributed by atoms with van der Waals surface area (Å²) in [5, 5.41) is 7.05. The largest absolute Gasteiger partial charge is 0.297 e. The van der Waals surface area contributed by atoms with E-state index >= 15 is 0 Å². The number of halogens is 1. The molecule has 3 aromatic rings. The molecule has 0 aliphatic carbocycles. The van der Waals surface area contributed by atoms with Gasteiger partial charge in [-0.15, -0.1) is 22.7 Å². The fourth-order valence-corrected chi connectivity index (χ4v) is 4.17. The maximum absolute atomic E-state index is 12.4. The third-order valence-electron chi connectivity index (χ3n) is 3.23.